The fourth-order valence-corrected chi connectivity index (χ4v) is 3.87. The minimum atomic E-state index is -0.211. The number of rotatable bonds is 8. The molecule has 1 saturated carbocycles. The Morgan fingerprint density at radius 2 is 1.89 bits per heavy atom. The second-order valence-corrected chi connectivity index (χ2v) is 7.53. The Balaban J connectivity index is 1.46. The van der Waals surface area contributed by atoms with Crippen LogP contribution in [0.15, 0.2) is 41.1 Å². The van der Waals surface area contributed by atoms with E-state index in [1.807, 2.05) is 5.38 Å². The number of para-hydroxylation sites is 1. The molecule has 5 nitrogen and oxygen atoms in total. The first-order valence-electron chi connectivity index (χ1n) is 9.56. The molecule has 2 N–H and O–H groups in total. The molecule has 2 aromatic rings. The van der Waals surface area contributed by atoms with Crippen LogP contribution in [0.2, 0.25) is 0 Å². The van der Waals surface area contributed by atoms with E-state index < -0.39 is 0 Å². The van der Waals surface area contributed by atoms with E-state index in [2.05, 4.69) is 10.6 Å². The number of nitrogens with one attached hydrogen (secondary N) is 2. The highest BCUT2D eigenvalue weighted by atomic mass is 32.1. The maximum atomic E-state index is 12.5. The molecular weight excluding hydrogens is 360 g/mol. The van der Waals surface area contributed by atoms with Gasteiger partial charge in [0.05, 0.1) is 22.9 Å². The van der Waals surface area contributed by atoms with Crippen molar-refractivity contribution >= 4 is 28.8 Å². The molecule has 27 heavy (non-hydrogen) atoms. The number of hydrogen-bond donors (Lipinski definition) is 2. The van der Waals surface area contributed by atoms with Gasteiger partial charge in [-0.05, 0) is 42.8 Å². The summed E-state index contributed by atoms with van der Waals surface area (Å²) in [5.74, 6) is -0.397. The average molecular weight is 387 g/mol. The Hall–Kier alpha value is -2.18. The predicted molar refractivity (Wildman–Crippen MR) is 108 cm³/mol. The van der Waals surface area contributed by atoms with Crippen LogP contribution in [0.4, 0.5) is 5.69 Å². The molecule has 0 radical (unpaired) electrons. The number of amides is 2. The zero-order valence-electron chi connectivity index (χ0n) is 15.4. The third-order valence-corrected chi connectivity index (χ3v) is 5.40. The van der Waals surface area contributed by atoms with E-state index in [1.165, 1.54) is 30.6 Å². The lowest BCUT2D eigenvalue weighted by molar-refractivity contribution is 0.0273. The standard InChI is InChI=1S/C21H26N2O3S/c24-20(16-11-14-27-15-16)23-19-10-5-4-9-18(19)21(25)22-12-6-13-26-17-7-2-1-3-8-17/h4-5,9-11,14-15,17H,1-3,6-8,12-13H2,(H,22,25)(H,23,24). The van der Waals surface area contributed by atoms with Crippen molar-refractivity contribution < 1.29 is 14.3 Å². The van der Waals surface area contributed by atoms with Crippen LogP contribution in [0.3, 0.4) is 0 Å². The molecule has 0 aliphatic heterocycles. The van der Waals surface area contributed by atoms with Gasteiger partial charge in [0.1, 0.15) is 0 Å². The Morgan fingerprint density at radius 3 is 2.67 bits per heavy atom. The van der Waals surface area contributed by atoms with Gasteiger partial charge in [-0.1, -0.05) is 31.4 Å². The zero-order valence-corrected chi connectivity index (χ0v) is 16.2. The van der Waals surface area contributed by atoms with Gasteiger partial charge in [-0.15, -0.1) is 0 Å². The molecule has 1 aliphatic rings. The molecule has 0 atom stereocenters. The first kappa shape index (κ1) is 19.6. The maximum Gasteiger partial charge on any atom is 0.256 e. The smallest absolute Gasteiger partial charge is 0.256 e. The molecule has 2 amide bonds. The minimum Gasteiger partial charge on any atom is -0.378 e. The molecule has 1 heterocycles. The van der Waals surface area contributed by atoms with E-state index in [1.54, 1.807) is 35.7 Å². The fraction of sp³-hybridized carbons (Fsp3) is 0.429. The van der Waals surface area contributed by atoms with Crippen molar-refractivity contribution in [3.05, 3.63) is 52.2 Å². The number of ether oxygens (including phenoxy) is 1. The van der Waals surface area contributed by atoms with E-state index in [9.17, 15) is 9.59 Å². The summed E-state index contributed by atoms with van der Waals surface area (Å²) in [6, 6.07) is 8.82. The molecule has 1 aliphatic carbocycles. The molecule has 6 heteroatoms. The lowest BCUT2D eigenvalue weighted by Crippen LogP contribution is -2.27. The second kappa shape index (κ2) is 10.2. The van der Waals surface area contributed by atoms with Gasteiger partial charge in [-0.3, -0.25) is 9.59 Å². The minimum absolute atomic E-state index is 0.186. The molecule has 1 aromatic heterocycles. The summed E-state index contributed by atoms with van der Waals surface area (Å²) in [5, 5.41) is 9.37. The molecule has 1 fully saturated rings. The number of thiophene rings is 1. The predicted octanol–water partition coefficient (Wildman–Crippen LogP) is 4.47. The lowest BCUT2D eigenvalue weighted by atomic mass is 9.98. The van der Waals surface area contributed by atoms with Crippen LogP contribution in [-0.4, -0.2) is 31.1 Å². The van der Waals surface area contributed by atoms with Crippen molar-refractivity contribution in [2.24, 2.45) is 0 Å². The molecule has 1 aromatic carbocycles. The quantitative estimate of drug-likeness (QED) is 0.658. The first-order valence-corrected chi connectivity index (χ1v) is 10.5. The molecule has 0 spiro atoms. The van der Waals surface area contributed by atoms with Gasteiger partial charge in [0.2, 0.25) is 0 Å². The topological polar surface area (TPSA) is 67.4 Å². The van der Waals surface area contributed by atoms with Crippen molar-refractivity contribution in [1.29, 1.82) is 0 Å². The average Bonchev–Trinajstić information content (AvgIpc) is 3.24. The van der Waals surface area contributed by atoms with Gasteiger partial charge in [0.25, 0.3) is 11.8 Å². The Morgan fingerprint density at radius 1 is 1.07 bits per heavy atom. The zero-order chi connectivity index (χ0) is 18.9. The SMILES string of the molecule is O=C(Nc1ccccc1C(=O)NCCCOC1CCCCC1)c1ccsc1. The third-order valence-electron chi connectivity index (χ3n) is 4.72. The van der Waals surface area contributed by atoms with Gasteiger partial charge < -0.3 is 15.4 Å². The summed E-state index contributed by atoms with van der Waals surface area (Å²) < 4.78 is 5.88. The number of hydrogen-bond acceptors (Lipinski definition) is 4. The number of carbonyl (C=O) groups excluding carboxylic acids is 2. The van der Waals surface area contributed by atoms with Gasteiger partial charge in [0, 0.05) is 18.5 Å². The summed E-state index contributed by atoms with van der Waals surface area (Å²) in [6.45, 7) is 1.22. The van der Waals surface area contributed by atoms with E-state index in [0.717, 1.165) is 19.3 Å². The summed E-state index contributed by atoms with van der Waals surface area (Å²) in [6.07, 6.45) is 7.32. The molecule has 0 bridgehead atoms. The Labute approximate surface area is 164 Å². The van der Waals surface area contributed by atoms with Crippen molar-refractivity contribution in [3.8, 4) is 0 Å². The second-order valence-electron chi connectivity index (χ2n) is 6.75. The van der Waals surface area contributed by atoms with Gasteiger partial charge in [-0.2, -0.15) is 11.3 Å². The van der Waals surface area contributed by atoms with Crippen LogP contribution >= 0.6 is 11.3 Å². The van der Waals surface area contributed by atoms with Crippen molar-refractivity contribution in [2.45, 2.75) is 44.6 Å². The highest BCUT2D eigenvalue weighted by molar-refractivity contribution is 7.08. The lowest BCUT2D eigenvalue weighted by Gasteiger charge is -2.21. The molecule has 0 unspecified atom stereocenters. The monoisotopic (exact) mass is 386 g/mol. The highest BCUT2D eigenvalue weighted by Gasteiger charge is 2.15. The Bertz CT molecular complexity index is 740. The Kier molecular flexibility index (Phi) is 7.42. The van der Waals surface area contributed by atoms with Crippen LogP contribution in [0.1, 0.15) is 59.2 Å². The van der Waals surface area contributed by atoms with E-state index in [4.69, 9.17) is 4.74 Å². The van der Waals surface area contributed by atoms with Gasteiger partial charge in [0.15, 0.2) is 0 Å². The van der Waals surface area contributed by atoms with Crippen LogP contribution in [0.25, 0.3) is 0 Å². The maximum absolute atomic E-state index is 12.5. The van der Waals surface area contributed by atoms with E-state index in [0.29, 0.717) is 36.1 Å². The fourth-order valence-electron chi connectivity index (χ4n) is 3.23. The van der Waals surface area contributed by atoms with Gasteiger partial charge >= 0.3 is 0 Å². The molecule has 144 valence electrons. The number of carbonyl (C=O) groups is 2. The van der Waals surface area contributed by atoms with E-state index >= 15 is 0 Å². The molecule has 0 saturated heterocycles. The first-order chi connectivity index (χ1) is 13.2. The van der Waals surface area contributed by atoms with E-state index in [-0.39, 0.29) is 11.8 Å². The highest BCUT2D eigenvalue weighted by Crippen LogP contribution is 2.20. The van der Waals surface area contributed by atoms with Crippen molar-refractivity contribution in [3.63, 3.8) is 0 Å². The van der Waals surface area contributed by atoms with Crippen molar-refractivity contribution in [1.82, 2.24) is 5.32 Å². The number of anilines is 1. The van der Waals surface area contributed by atoms with Crippen LogP contribution in [-0.2, 0) is 4.74 Å². The summed E-state index contributed by atoms with van der Waals surface area (Å²) in [4.78, 5) is 24.7. The normalized spacial score (nSPS) is 14.7. The summed E-state index contributed by atoms with van der Waals surface area (Å²) in [5.41, 5.74) is 1.58. The molecule has 3 rings (SSSR count). The third kappa shape index (κ3) is 5.91. The summed E-state index contributed by atoms with van der Waals surface area (Å²) >= 11 is 1.46. The van der Waals surface area contributed by atoms with Crippen LogP contribution < -0.4 is 10.6 Å². The van der Waals surface area contributed by atoms with Gasteiger partial charge in [-0.25, -0.2) is 0 Å². The van der Waals surface area contributed by atoms with Crippen LogP contribution in [0.5, 0.6) is 0 Å². The van der Waals surface area contributed by atoms with Crippen molar-refractivity contribution in [2.75, 3.05) is 18.5 Å². The number of benzene rings is 1. The molecular formula is C21H26N2O3S. The largest absolute Gasteiger partial charge is 0.378 e. The van der Waals surface area contributed by atoms with Crippen LogP contribution in [0, 0.1) is 0 Å². The summed E-state index contributed by atoms with van der Waals surface area (Å²) in [7, 11) is 0.